The van der Waals surface area contributed by atoms with Crippen LogP contribution in [0.15, 0.2) is 45.7 Å². The van der Waals surface area contributed by atoms with Crippen molar-refractivity contribution in [2.45, 2.75) is 4.90 Å². The van der Waals surface area contributed by atoms with Crippen molar-refractivity contribution >= 4 is 30.5 Å². The lowest BCUT2D eigenvalue weighted by Gasteiger charge is -2.02. The highest BCUT2D eigenvalue weighted by Gasteiger charge is 2.10. The second-order valence-corrected chi connectivity index (χ2v) is 3.84. The van der Waals surface area contributed by atoms with E-state index in [1.54, 1.807) is 24.3 Å². The lowest BCUT2D eigenvalue weighted by molar-refractivity contribution is 0.0992. The van der Waals surface area contributed by atoms with Gasteiger partial charge in [0.2, 0.25) is 0 Å². The highest BCUT2D eigenvalue weighted by Crippen LogP contribution is 2.14. The molecule has 0 spiro atoms. The van der Waals surface area contributed by atoms with Gasteiger partial charge in [-0.3, -0.25) is 9.59 Å². The van der Waals surface area contributed by atoms with Gasteiger partial charge < -0.3 is 9.73 Å². The molecule has 4 nitrogen and oxygen atoms in total. The predicted molar refractivity (Wildman–Crippen MR) is 65.7 cm³/mol. The minimum absolute atomic E-state index is 0.0991. The summed E-state index contributed by atoms with van der Waals surface area (Å²) in [5, 5.41) is 2.64. The third-order valence-electron chi connectivity index (χ3n) is 2.09. The van der Waals surface area contributed by atoms with Crippen LogP contribution in [0.25, 0.3) is 0 Å². The molecule has 5 heteroatoms. The Morgan fingerprint density at radius 3 is 2.47 bits per heavy atom. The number of aldehydes is 1. The van der Waals surface area contributed by atoms with Crippen LogP contribution in [0.1, 0.15) is 21.1 Å². The highest BCUT2D eigenvalue weighted by atomic mass is 32.1. The second kappa shape index (κ2) is 4.88. The number of hydrogen-bond acceptors (Lipinski definition) is 4. The summed E-state index contributed by atoms with van der Waals surface area (Å²) in [6, 6.07) is 9.87. The molecule has 0 saturated heterocycles. The van der Waals surface area contributed by atoms with Gasteiger partial charge in [0.05, 0.1) is 0 Å². The number of furan rings is 1. The Labute approximate surface area is 103 Å². The number of hydrogen-bond donors (Lipinski definition) is 2. The van der Waals surface area contributed by atoms with Gasteiger partial charge in [-0.05, 0) is 36.4 Å². The van der Waals surface area contributed by atoms with Crippen molar-refractivity contribution in [3.8, 4) is 0 Å². The first kappa shape index (κ1) is 11.5. The van der Waals surface area contributed by atoms with Crippen LogP contribution in [0, 0.1) is 0 Å². The fourth-order valence-corrected chi connectivity index (χ4v) is 1.42. The van der Waals surface area contributed by atoms with Gasteiger partial charge in [-0.1, -0.05) is 0 Å². The molecular weight excluding hydrogens is 238 g/mol. The lowest BCUT2D eigenvalue weighted by Crippen LogP contribution is -2.10. The average Bonchev–Trinajstić information content (AvgIpc) is 2.81. The van der Waals surface area contributed by atoms with Crippen molar-refractivity contribution in [1.82, 2.24) is 0 Å². The van der Waals surface area contributed by atoms with Crippen molar-refractivity contribution in [3.63, 3.8) is 0 Å². The number of anilines is 1. The maximum atomic E-state index is 11.7. The molecule has 1 aromatic heterocycles. The summed E-state index contributed by atoms with van der Waals surface area (Å²) in [5.41, 5.74) is 0.636. The summed E-state index contributed by atoms with van der Waals surface area (Å²) < 4.78 is 5.00. The molecule has 0 radical (unpaired) electrons. The molecule has 0 bridgehead atoms. The summed E-state index contributed by atoms with van der Waals surface area (Å²) in [6.45, 7) is 0. The molecule has 0 atom stereocenters. The molecule has 0 aliphatic carbocycles. The van der Waals surface area contributed by atoms with E-state index in [0.717, 1.165) is 4.90 Å². The Morgan fingerprint density at radius 2 is 1.88 bits per heavy atom. The van der Waals surface area contributed by atoms with Crippen molar-refractivity contribution < 1.29 is 14.0 Å². The SMILES string of the molecule is O=Cc1ccc(C(=O)Nc2ccc(S)cc2)o1. The zero-order valence-corrected chi connectivity index (χ0v) is 9.61. The predicted octanol–water partition coefficient (Wildman–Crippen LogP) is 2.63. The van der Waals surface area contributed by atoms with Crippen molar-refractivity contribution in [2.24, 2.45) is 0 Å². The summed E-state index contributed by atoms with van der Waals surface area (Å²) >= 11 is 4.14. The summed E-state index contributed by atoms with van der Waals surface area (Å²) in [6.07, 6.45) is 0.548. The maximum absolute atomic E-state index is 11.7. The number of carbonyl (C=O) groups excluding carboxylic acids is 2. The first-order valence-electron chi connectivity index (χ1n) is 4.84. The molecule has 86 valence electrons. The molecule has 0 unspecified atom stereocenters. The Kier molecular flexibility index (Phi) is 3.30. The first-order valence-corrected chi connectivity index (χ1v) is 5.29. The Balaban J connectivity index is 2.11. The third-order valence-corrected chi connectivity index (χ3v) is 2.39. The quantitative estimate of drug-likeness (QED) is 0.647. The molecule has 1 amide bonds. The summed E-state index contributed by atoms with van der Waals surface area (Å²) in [5.74, 6) is -0.173. The second-order valence-electron chi connectivity index (χ2n) is 3.32. The molecular formula is C12H9NO3S. The fourth-order valence-electron chi connectivity index (χ4n) is 1.28. The fraction of sp³-hybridized carbons (Fsp3) is 0. The minimum atomic E-state index is -0.398. The van der Waals surface area contributed by atoms with Gasteiger partial charge in [0.25, 0.3) is 5.91 Å². The zero-order valence-electron chi connectivity index (χ0n) is 8.71. The van der Waals surface area contributed by atoms with Crippen LogP contribution in [0.2, 0.25) is 0 Å². The van der Waals surface area contributed by atoms with Crippen molar-refractivity contribution in [3.05, 3.63) is 47.9 Å². The Bertz CT molecular complexity index is 545. The molecule has 2 rings (SSSR count). The summed E-state index contributed by atoms with van der Waals surface area (Å²) in [4.78, 5) is 22.9. The van der Waals surface area contributed by atoms with Gasteiger partial charge in [0.1, 0.15) is 0 Å². The van der Waals surface area contributed by atoms with E-state index in [1.807, 2.05) is 0 Å². The van der Waals surface area contributed by atoms with Crippen molar-refractivity contribution in [1.29, 1.82) is 0 Å². The molecule has 1 aromatic carbocycles. The van der Waals surface area contributed by atoms with Crippen LogP contribution < -0.4 is 5.32 Å². The van der Waals surface area contributed by atoms with Gasteiger partial charge in [-0.2, -0.15) is 0 Å². The minimum Gasteiger partial charge on any atom is -0.448 e. The van der Waals surface area contributed by atoms with Crippen LogP contribution in [-0.4, -0.2) is 12.2 Å². The molecule has 0 saturated carbocycles. The average molecular weight is 247 g/mol. The van der Waals surface area contributed by atoms with E-state index in [2.05, 4.69) is 17.9 Å². The van der Waals surface area contributed by atoms with E-state index >= 15 is 0 Å². The molecule has 0 aliphatic heterocycles. The molecule has 0 fully saturated rings. The first-order chi connectivity index (χ1) is 8.19. The number of carbonyl (C=O) groups is 2. The highest BCUT2D eigenvalue weighted by molar-refractivity contribution is 7.80. The van der Waals surface area contributed by atoms with E-state index in [-0.39, 0.29) is 11.5 Å². The molecule has 17 heavy (non-hydrogen) atoms. The van der Waals surface area contributed by atoms with Gasteiger partial charge in [0.15, 0.2) is 17.8 Å². The van der Waals surface area contributed by atoms with E-state index in [0.29, 0.717) is 12.0 Å². The van der Waals surface area contributed by atoms with Crippen LogP contribution in [0.5, 0.6) is 0 Å². The van der Waals surface area contributed by atoms with Crippen LogP contribution >= 0.6 is 12.6 Å². The molecule has 1 heterocycles. The smallest absolute Gasteiger partial charge is 0.291 e. The van der Waals surface area contributed by atoms with Crippen LogP contribution in [-0.2, 0) is 0 Å². The normalized spacial score (nSPS) is 9.94. The largest absolute Gasteiger partial charge is 0.448 e. The third kappa shape index (κ3) is 2.76. The molecule has 1 N–H and O–H groups in total. The van der Waals surface area contributed by atoms with E-state index in [4.69, 9.17) is 4.42 Å². The number of thiol groups is 1. The number of rotatable bonds is 3. The monoisotopic (exact) mass is 247 g/mol. The lowest BCUT2D eigenvalue weighted by atomic mass is 10.3. The van der Waals surface area contributed by atoms with Crippen molar-refractivity contribution in [2.75, 3.05) is 5.32 Å². The molecule has 0 aliphatic rings. The van der Waals surface area contributed by atoms with Gasteiger partial charge in [0, 0.05) is 10.6 Å². The van der Waals surface area contributed by atoms with Gasteiger partial charge in [-0.15, -0.1) is 12.6 Å². The zero-order chi connectivity index (χ0) is 12.3. The maximum Gasteiger partial charge on any atom is 0.291 e. The van der Waals surface area contributed by atoms with Gasteiger partial charge >= 0.3 is 0 Å². The molecule has 2 aromatic rings. The Morgan fingerprint density at radius 1 is 1.18 bits per heavy atom. The van der Waals surface area contributed by atoms with E-state index in [9.17, 15) is 9.59 Å². The van der Waals surface area contributed by atoms with Crippen LogP contribution in [0.3, 0.4) is 0 Å². The van der Waals surface area contributed by atoms with Crippen LogP contribution in [0.4, 0.5) is 5.69 Å². The number of amides is 1. The topological polar surface area (TPSA) is 59.3 Å². The van der Waals surface area contributed by atoms with E-state index in [1.165, 1.54) is 12.1 Å². The summed E-state index contributed by atoms with van der Waals surface area (Å²) in [7, 11) is 0. The van der Waals surface area contributed by atoms with E-state index < -0.39 is 5.91 Å². The Hall–Kier alpha value is -2.01. The van der Waals surface area contributed by atoms with Gasteiger partial charge in [-0.25, -0.2) is 0 Å². The standard InChI is InChI=1S/C12H9NO3S/c14-7-9-3-6-11(16-9)12(15)13-8-1-4-10(17)5-2-8/h1-7,17H,(H,13,15). The number of benzene rings is 1. The number of nitrogens with one attached hydrogen (secondary N) is 1.